The Kier molecular flexibility index (Phi) is 27.7. The van der Waals surface area contributed by atoms with Gasteiger partial charge in [-0.05, 0) is 6.92 Å². The van der Waals surface area contributed by atoms with E-state index in [0.717, 1.165) is 6.92 Å². The molecule has 0 heterocycles. The second kappa shape index (κ2) is 10.5. The van der Waals surface area contributed by atoms with Gasteiger partial charge < -0.3 is 9.90 Å². The first-order valence-corrected chi connectivity index (χ1v) is 0.908. The minimum atomic E-state index is -1.08. The van der Waals surface area contributed by atoms with Crippen LogP contribution in [0.1, 0.15) is 6.92 Å². The predicted octanol–water partition coefficient (Wildman–Crippen LogP) is -2.01. The van der Waals surface area contributed by atoms with E-state index < -0.39 is 5.97 Å². The molecule has 0 rings (SSSR count). The van der Waals surface area contributed by atoms with Crippen LogP contribution in [-0.2, 0) is 4.79 Å². The first-order chi connectivity index (χ1) is 1.73. The van der Waals surface area contributed by atoms with Crippen LogP contribution in [0.3, 0.4) is 0 Å². The van der Waals surface area contributed by atoms with Crippen LogP contribution in [0, 0.1) is 0 Å². The molecule has 0 saturated heterocycles. The largest absolute Gasteiger partial charge is 2.00 e. The molecule has 0 aliphatic rings. The van der Waals surface area contributed by atoms with Gasteiger partial charge in [0.05, 0.1) is 0 Å². The monoisotopic (exact) mass is 285 g/mol. The number of aliphatic carboxylic acids is 1. The van der Waals surface area contributed by atoms with Crippen LogP contribution < -0.4 is 5.11 Å². The van der Waals surface area contributed by atoms with Gasteiger partial charge in [-0.1, -0.05) is 0 Å². The van der Waals surface area contributed by atoms with Crippen molar-refractivity contribution in [3.8, 4) is 0 Å². The molecule has 0 aromatic carbocycles. The Morgan fingerprint density at radius 2 is 1.67 bits per heavy atom. The molecule has 24 valence electrons. The average Bonchev–Trinajstić information content (AvgIpc) is 0.811. The third kappa shape index (κ3) is 31.3. The Hall–Kier alpha value is 2.52. The summed E-state index contributed by atoms with van der Waals surface area (Å²) >= 11 is 0. The van der Waals surface area contributed by atoms with Gasteiger partial charge in [0.15, 0.2) is 0 Å². The van der Waals surface area contributed by atoms with E-state index in [1.54, 1.807) is 0 Å². The normalized spacial score (nSPS) is 4.17. The summed E-state index contributed by atoms with van der Waals surface area (Å²) in [5, 5.41) is 8.89. The summed E-state index contributed by atoms with van der Waals surface area (Å²) in [6, 6.07) is 0. The topological polar surface area (TPSA) is 40.1 Å². The number of rotatable bonds is 0. The Bertz CT molecular complexity index is 34.5. The summed E-state index contributed by atoms with van der Waals surface area (Å²) in [6.07, 6.45) is 0. The fourth-order valence-electron chi connectivity index (χ4n) is 0. The molecule has 0 bridgehead atoms. The maximum Gasteiger partial charge on any atom is 2.00 e. The zero-order chi connectivity index (χ0) is 3.58. The van der Waals surface area contributed by atoms with Crippen LogP contribution in [0.2, 0.25) is 0 Å². The summed E-state index contributed by atoms with van der Waals surface area (Å²) in [5.41, 5.74) is 0. The van der Waals surface area contributed by atoms with E-state index in [9.17, 15) is 0 Å². The van der Waals surface area contributed by atoms with Crippen molar-refractivity contribution < 1.29 is 9.90 Å². The van der Waals surface area contributed by atoms with E-state index in [4.69, 9.17) is 9.90 Å². The van der Waals surface area contributed by atoms with E-state index in [1.807, 2.05) is 0 Å². The van der Waals surface area contributed by atoms with Crippen LogP contribution in [0.25, 0.3) is 0 Å². The van der Waals surface area contributed by atoms with Crippen molar-refractivity contribution in [1.82, 2.24) is 0 Å². The standard InChI is InChI=1S/C2H4O2.Ba.Sr/c1-2(3)4;;/h1H3,(H,3,4);;/q;2*+2/p-1. The van der Waals surface area contributed by atoms with Crippen molar-refractivity contribution in [2.45, 2.75) is 6.92 Å². The molecule has 0 aromatic rings. The van der Waals surface area contributed by atoms with Gasteiger partial charge in [0.2, 0.25) is 0 Å². The third-order valence-corrected chi connectivity index (χ3v) is 0. The van der Waals surface area contributed by atoms with Crippen molar-refractivity contribution in [2.24, 2.45) is 0 Å². The van der Waals surface area contributed by atoms with Crippen LogP contribution in [-0.4, -0.2) is 100 Å². The zero-order valence-electron chi connectivity index (χ0n) is 3.73. The first kappa shape index (κ1) is 15.8. The van der Waals surface area contributed by atoms with Crippen LogP contribution in [0.4, 0.5) is 0 Å². The van der Waals surface area contributed by atoms with E-state index >= 15 is 0 Å². The predicted molar refractivity (Wildman–Crippen MR) is 22.2 cm³/mol. The van der Waals surface area contributed by atoms with Gasteiger partial charge in [0.1, 0.15) is 0 Å². The van der Waals surface area contributed by atoms with Crippen LogP contribution in [0.15, 0.2) is 0 Å². The summed E-state index contributed by atoms with van der Waals surface area (Å²) in [6.45, 7) is 0.972. The molecule has 0 saturated carbocycles. The van der Waals surface area contributed by atoms with Crippen molar-refractivity contribution in [3.05, 3.63) is 0 Å². The molecule has 0 amide bonds. The Labute approximate surface area is 114 Å². The van der Waals surface area contributed by atoms with Crippen molar-refractivity contribution in [1.29, 1.82) is 0 Å². The van der Waals surface area contributed by atoms with Gasteiger partial charge >= 0.3 is 94.4 Å². The molecule has 0 spiro atoms. The molecule has 0 aliphatic carbocycles. The van der Waals surface area contributed by atoms with E-state index in [-0.39, 0.29) is 94.4 Å². The van der Waals surface area contributed by atoms with Crippen molar-refractivity contribution in [2.75, 3.05) is 0 Å². The molecule has 6 heavy (non-hydrogen) atoms. The number of hydrogen-bond donors (Lipinski definition) is 0. The molecule has 4 heteroatoms. The molecule has 2 nitrogen and oxygen atoms in total. The molecular formula is C2H3BaO2Sr+3. The maximum absolute atomic E-state index is 8.89. The number of carbonyl (C=O) groups is 1. The van der Waals surface area contributed by atoms with E-state index in [2.05, 4.69) is 0 Å². The van der Waals surface area contributed by atoms with Gasteiger partial charge in [-0.3, -0.25) is 0 Å². The second-order valence-corrected chi connectivity index (χ2v) is 0.492. The van der Waals surface area contributed by atoms with Gasteiger partial charge in [-0.15, -0.1) is 0 Å². The molecule has 0 aromatic heterocycles. The third-order valence-electron chi connectivity index (χ3n) is 0. The Morgan fingerprint density at radius 3 is 1.67 bits per heavy atom. The summed E-state index contributed by atoms with van der Waals surface area (Å²) in [7, 11) is 0. The van der Waals surface area contributed by atoms with Crippen LogP contribution >= 0.6 is 0 Å². The van der Waals surface area contributed by atoms with Crippen LogP contribution in [0.5, 0.6) is 0 Å². The minimum absolute atomic E-state index is 0. The van der Waals surface area contributed by atoms with Crippen molar-refractivity contribution in [3.63, 3.8) is 0 Å². The molecule has 0 fully saturated rings. The molecule has 0 aliphatic heterocycles. The number of carboxylic acid groups (broad SMARTS) is 1. The van der Waals surface area contributed by atoms with E-state index in [1.165, 1.54) is 0 Å². The number of carbonyl (C=O) groups excluding carboxylic acids is 1. The molecule has 0 N–H and O–H groups in total. The smallest absolute Gasteiger partial charge is 0.550 e. The molecular weight excluding hydrogens is 281 g/mol. The SMILES string of the molecule is CC(=O)[O-].[Ba+2].[Sr+2]. The summed E-state index contributed by atoms with van der Waals surface area (Å²) in [4.78, 5) is 8.89. The van der Waals surface area contributed by atoms with Gasteiger partial charge in [-0.25, -0.2) is 0 Å². The Morgan fingerprint density at radius 1 is 1.67 bits per heavy atom. The number of hydrogen-bond acceptors (Lipinski definition) is 2. The van der Waals surface area contributed by atoms with Gasteiger partial charge in [0, 0.05) is 5.97 Å². The zero-order valence-corrected chi connectivity index (χ0v) is 11.6. The summed E-state index contributed by atoms with van der Waals surface area (Å²) < 4.78 is 0. The van der Waals surface area contributed by atoms with E-state index in [0.29, 0.717) is 0 Å². The minimum Gasteiger partial charge on any atom is -0.550 e. The second-order valence-electron chi connectivity index (χ2n) is 0.492. The van der Waals surface area contributed by atoms with Crippen molar-refractivity contribution >= 4 is 100 Å². The average molecular weight is 284 g/mol. The maximum atomic E-state index is 8.89. The van der Waals surface area contributed by atoms with Gasteiger partial charge in [-0.2, -0.15) is 0 Å². The quantitative estimate of drug-likeness (QED) is 0.483. The molecule has 0 unspecified atom stereocenters. The molecule has 0 radical (unpaired) electrons. The summed E-state index contributed by atoms with van der Waals surface area (Å²) in [5.74, 6) is -1.08. The molecule has 0 atom stereocenters. The van der Waals surface area contributed by atoms with Gasteiger partial charge in [0.25, 0.3) is 0 Å². The fraction of sp³-hybridized carbons (Fsp3) is 0.500. The first-order valence-electron chi connectivity index (χ1n) is 0.908. The fourth-order valence-corrected chi connectivity index (χ4v) is 0. The Balaban J connectivity index is -0.0000000450. The number of carboxylic acids is 1.